The minimum atomic E-state index is -0.692. The number of carbonyl (C=O) groups is 3. The number of ether oxygens (including phenoxy) is 4. The lowest BCUT2D eigenvalue weighted by Gasteiger charge is -2.17. The molecule has 0 aliphatic heterocycles. The molecule has 1 atom stereocenters. The van der Waals surface area contributed by atoms with E-state index in [9.17, 15) is 14.4 Å². The first kappa shape index (κ1) is 26.8. The van der Waals surface area contributed by atoms with Crippen molar-refractivity contribution in [3.05, 3.63) is 47.0 Å². The molecule has 34 heavy (non-hydrogen) atoms. The van der Waals surface area contributed by atoms with Crippen LogP contribution in [0.2, 0.25) is 5.02 Å². The van der Waals surface area contributed by atoms with Crippen LogP contribution in [0.4, 0.5) is 5.69 Å². The Morgan fingerprint density at radius 3 is 2.21 bits per heavy atom. The second kappa shape index (κ2) is 12.7. The van der Waals surface area contributed by atoms with E-state index in [1.165, 1.54) is 32.4 Å². The Morgan fingerprint density at radius 1 is 0.882 bits per heavy atom. The molecule has 10 heteroatoms. The van der Waals surface area contributed by atoms with Crippen LogP contribution in [-0.4, -0.2) is 51.3 Å². The van der Waals surface area contributed by atoms with Crippen LogP contribution in [0.25, 0.3) is 0 Å². The number of carbonyl (C=O) groups excluding carboxylic acids is 3. The third kappa shape index (κ3) is 7.84. The van der Waals surface area contributed by atoms with Crippen molar-refractivity contribution in [2.24, 2.45) is 5.92 Å². The number of hydrogen-bond donors (Lipinski definition) is 2. The van der Waals surface area contributed by atoms with Crippen molar-refractivity contribution in [3.63, 3.8) is 0 Å². The van der Waals surface area contributed by atoms with Gasteiger partial charge in [0.15, 0.2) is 24.7 Å². The van der Waals surface area contributed by atoms with E-state index in [0.717, 1.165) is 0 Å². The number of esters is 1. The zero-order valence-corrected chi connectivity index (χ0v) is 20.5. The highest BCUT2D eigenvalue weighted by Gasteiger charge is 2.17. The van der Waals surface area contributed by atoms with Crippen molar-refractivity contribution in [2.45, 2.75) is 26.8 Å². The number of amides is 2. The Kier molecular flexibility index (Phi) is 10.0. The number of anilines is 1. The van der Waals surface area contributed by atoms with E-state index in [1.807, 2.05) is 20.8 Å². The molecule has 0 fully saturated rings. The Labute approximate surface area is 203 Å². The molecule has 0 unspecified atom stereocenters. The summed E-state index contributed by atoms with van der Waals surface area (Å²) in [4.78, 5) is 36.6. The lowest BCUT2D eigenvalue weighted by Crippen LogP contribution is -2.38. The van der Waals surface area contributed by atoms with Crippen LogP contribution >= 0.6 is 11.6 Å². The number of rotatable bonds is 11. The fourth-order valence-corrected chi connectivity index (χ4v) is 2.87. The molecule has 0 saturated heterocycles. The van der Waals surface area contributed by atoms with Gasteiger partial charge in [0.1, 0.15) is 5.75 Å². The minimum Gasteiger partial charge on any atom is -0.495 e. The first-order valence-electron chi connectivity index (χ1n) is 10.5. The summed E-state index contributed by atoms with van der Waals surface area (Å²) in [5, 5.41) is 5.86. The molecule has 184 valence electrons. The van der Waals surface area contributed by atoms with E-state index in [1.54, 1.807) is 18.2 Å². The molecule has 0 saturated carbocycles. The molecule has 0 aliphatic carbocycles. The topological polar surface area (TPSA) is 112 Å². The van der Waals surface area contributed by atoms with Gasteiger partial charge >= 0.3 is 5.97 Å². The summed E-state index contributed by atoms with van der Waals surface area (Å²) in [7, 11) is 2.88. The van der Waals surface area contributed by atoms with Crippen molar-refractivity contribution in [1.29, 1.82) is 0 Å². The maximum atomic E-state index is 12.3. The van der Waals surface area contributed by atoms with Gasteiger partial charge in [-0.2, -0.15) is 0 Å². The number of nitrogens with one attached hydrogen (secondary N) is 2. The predicted octanol–water partition coefficient (Wildman–Crippen LogP) is 3.69. The molecule has 0 radical (unpaired) electrons. The van der Waals surface area contributed by atoms with Crippen LogP contribution in [0.1, 0.15) is 31.1 Å². The zero-order chi connectivity index (χ0) is 25.3. The number of halogens is 1. The van der Waals surface area contributed by atoms with Crippen molar-refractivity contribution in [2.75, 3.05) is 32.8 Å². The van der Waals surface area contributed by atoms with E-state index >= 15 is 0 Å². The molecule has 2 aromatic carbocycles. The molecule has 0 heterocycles. The van der Waals surface area contributed by atoms with Gasteiger partial charge in [-0.25, -0.2) is 4.79 Å². The van der Waals surface area contributed by atoms with E-state index in [2.05, 4.69) is 10.6 Å². The van der Waals surface area contributed by atoms with Crippen LogP contribution in [0, 0.1) is 5.92 Å². The van der Waals surface area contributed by atoms with Gasteiger partial charge in [-0.15, -0.1) is 0 Å². The fourth-order valence-electron chi connectivity index (χ4n) is 2.70. The van der Waals surface area contributed by atoms with Crippen molar-refractivity contribution < 1.29 is 33.3 Å². The normalized spacial score (nSPS) is 11.4. The summed E-state index contributed by atoms with van der Waals surface area (Å²) < 4.78 is 21.1. The summed E-state index contributed by atoms with van der Waals surface area (Å²) in [6.45, 7) is 5.10. The van der Waals surface area contributed by atoms with Gasteiger partial charge in [0.2, 0.25) is 0 Å². The van der Waals surface area contributed by atoms with Gasteiger partial charge in [0.25, 0.3) is 11.8 Å². The number of benzene rings is 2. The van der Waals surface area contributed by atoms with Crippen LogP contribution < -0.4 is 24.8 Å². The lowest BCUT2D eigenvalue weighted by molar-refractivity contribution is -0.125. The molecule has 2 rings (SSSR count). The van der Waals surface area contributed by atoms with Crippen LogP contribution in [0.5, 0.6) is 17.2 Å². The monoisotopic (exact) mass is 492 g/mol. The molecule has 0 spiro atoms. The van der Waals surface area contributed by atoms with E-state index < -0.39 is 18.5 Å². The van der Waals surface area contributed by atoms with Crippen LogP contribution in [0.3, 0.4) is 0 Å². The smallest absolute Gasteiger partial charge is 0.338 e. The number of methoxy groups -OCH3 is 2. The molecular formula is C24H29ClN2O7. The third-order valence-corrected chi connectivity index (χ3v) is 5.15. The van der Waals surface area contributed by atoms with Crippen molar-refractivity contribution in [3.8, 4) is 17.2 Å². The molecular weight excluding hydrogens is 464 g/mol. The Morgan fingerprint density at radius 2 is 1.56 bits per heavy atom. The van der Waals surface area contributed by atoms with Gasteiger partial charge in [-0.05, 0) is 49.2 Å². The van der Waals surface area contributed by atoms with Gasteiger partial charge in [-0.3, -0.25) is 9.59 Å². The van der Waals surface area contributed by atoms with E-state index in [4.69, 9.17) is 30.5 Å². The second-order valence-electron chi connectivity index (χ2n) is 7.72. The first-order chi connectivity index (χ1) is 16.1. The standard InChI is InChI=1S/C24H29ClN2O7/c1-14(2)15(3)26-22(28)13-34-24(30)16-6-8-20(21(10-16)32-5)33-12-23(29)27-18-11-17(25)7-9-19(18)31-4/h6-11,14-15H,12-13H2,1-5H3,(H,26,28)(H,27,29)/t15-/m1/s1. The lowest BCUT2D eigenvalue weighted by atomic mass is 10.1. The van der Waals surface area contributed by atoms with Crippen LogP contribution in [-0.2, 0) is 14.3 Å². The third-order valence-electron chi connectivity index (χ3n) is 4.92. The molecule has 9 nitrogen and oxygen atoms in total. The summed E-state index contributed by atoms with van der Waals surface area (Å²) in [6, 6.07) is 9.13. The van der Waals surface area contributed by atoms with Gasteiger partial charge in [0.05, 0.1) is 25.5 Å². The molecule has 0 aliphatic rings. The summed E-state index contributed by atoms with van der Waals surface area (Å²) in [6.07, 6.45) is 0. The molecule has 2 N–H and O–H groups in total. The highest BCUT2D eigenvalue weighted by atomic mass is 35.5. The summed E-state index contributed by atoms with van der Waals surface area (Å²) in [5.74, 6) is -0.354. The van der Waals surface area contributed by atoms with E-state index in [0.29, 0.717) is 16.5 Å². The maximum absolute atomic E-state index is 12.3. The van der Waals surface area contributed by atoms with Gasteiger partial charge in [-0.1, -0.05) is 25.4 Å². The zero-order valence-electron chi connectivity index (χ0n) is 19.8. The SMILES string of the molecule is COc1ccc(Cl)cc1NC(=O)COc1ccc(C(=O)OCC(=O)N[C@H](C)C(C)C)cc1OC. The largest absolute Gasteiger partial charge is 0.495 e. The maximum Gasteiger partial charge on any atom is 0.338 e. The summed E-state index contributed by atoms with van der Waals surface area (Å²) >= 11 is 5.97. The summed E-state index contributed by atoms with van der Waals surface area (Å²) in [5.41, 5.74) is 0.572. The second-order valence-corrected chi connectivity index (χ2v) is 8.16. The Bertz CT molecular complexity index is 1030. The quantitative estimate of drug-likeness (QED) is 0.460. The Balaban J connectivity index is 1.95. The van der Waals surface area contributed by atoms with Crippen LogP contribution in [0.15, 0.2) is 36.4 Å². The molecule has 2 amide bonds. The average Bonchev–Trinajstić information content (AvgIpc) is 2.81. The van der Waals surface area contributed by atoms with E-state index in [-0.39, 0.29) is 41.5 Å². The molecule has 0 bridgehead atoms. The molecule has 2 aromatic rings. The highest BCUT2D eigenvalue weighted by Crippen LogP contribution is 2.29. The molecule has 0 aromatic heterocycles. The van der Waals surface area contributed by atoms with Crippen molar-refractivity contribution >= 4 is 35.1 Å². The number of hydrogen-bond acceptors (Lipinski definition) is 7. The van der Waals surface area contributed by atoms with Gasteiger partial charge < -0.3 is 29.6 Å². The van der Waals surface area contributed by atoms with Crippen molar-refractivity contribution in [1.82, 2.24) is 5.32 Å². The highest BCUT2D eigenvalue weighted by molar-refractivity contribution is 6.31. The van der Waals surface area contributed by atoms with Gasteiger partial charge in [0, 0.05) is 11.1 Å². The predicted molar refractivity (Wildman–Crippen MR) is 128 cm³/mol. The first-order valence-corrected chi connectivity index (χ1v) is 10.9. The average molecular weight is 493 g/mol. The minimum absolute atomic E-state index is 0.0418. The Hall–Kier alpha value is -3.46. The fraction of sp³-hybridized carbons (Fsp3) is 0.375.